The molecule has 0 saturated heterocycles. The van der Waals surface area contributed by atoms with Gasteiger partial charge in [0.1, 0.15) is 5.76 Å². The van der Waals surface area contributed by atoms with Crippen molar-refractivity contribution in [2.75, 3.05) is 36.4 Å². The minimum Gasteiger partial charge on any atom is -0.506 e. The third-order valence-corrected chi connectivity index (χ3v) is 10.1. The van der Waals surface area contributed by atoms with E-state index in [1.165, 1.54) is 0 Å². The normalized spacial score (nSPS) is 21.2. The third kappa shape index (κ3) is 7.21. The number of aliphatic hydroxyl groups excluding tert-OH is 1. The van der Waals surface area contributed by atoms with E-state index >= 15 is 0 Å². The summed E-state index contributed by atoms with van der Waals surface area (Å²) in [4.78, 5) is 49.1. The van der Waals surface area contributed by atoms with Crippen molar-refractivity contribution in [3.8, 4) is 0 Å². The Bertz CT molecular complexity index is 1490. The molecule has 1 aromatic rings. The number of aliphatic imine (C=N–C) groups is 1. The van der Waals surface area contributed by atoms with E-state index in [9.17, 15) is 19.5 Å². The molecular weight excluding hydrogens is 576 g/mol. The summed E-state index contributed by atoms with van der Waals surface area (Å²) in [6, 6.07) is 5.66. The Morgan fingerprint density at radius 1 is 0.848 bits per heavy atom. The number of hydrogen-bond acceptors (Lipinski definition) is 6. The largest absolute Gasteiger partial charge is 0.506 e. The van der Waals surface area contributed by atoms with Crippen molar-refractivity contribution in [3.63, 3.8) is 0 Å². The molecule has 246 valence electrons. The van der Waals surface area contributed by atoms with Crippen LogP contribution in [0, 0.1) is 11.8 Å². The van der Waals surface area contributed by atoms with E-state index in [0.717, 1.165) is 88.9 Å². The highest BCUT2D eigenvalue weighted by atomic mass is 16.3. The SMILES string of the molecule is CCN(CC)C1=CC(=NC(=O)CC2CCCC2)/C(=C2/C(=O)C(c3ccc(N(CC)CC)cc3NC(=O)CC3CCCC3)=C2O)C=C1. The number of ketones is 1. The number of carbonyl (C=O) groups is 3. The molecule has 0 spiro atoms. The average molecular weight is 627 g/mol. The van der Waals surface area contributed by atoms with Crippen LogP contribution in [0.25, 0.3) is 5.57 Å². The number of Topliss-reactive ketones (excluding diaryl/α,β-unsaturated/α-hetero) is 1. The monoisotopic (exact) mass is 626 g/mol. The fourth-order valence-electron chi connectivity index (χ4n) is 7.47. The maximum atomic E-state index is 14.0. The Labute approximate surface area is 274 Å². The first kappa shape index (κ1) is 33.4. The van der Waals surface area contributed by atoms with Gasteiger partial charge in [-0.3, -0.25) is 14.4 Å². The molecule has 0 heterocycles. The van der Waals surface area contributed by atoms with Crippen LogP contribution >= 0.6 is 0 Å². The van der Waals surface area contributed by atoms with E-state index in [4.69, 9.17) is 0 Å². The van der Waals surface area contributed by atoms with Crippen molar-refractivity contribution in [2.24, 2.45) is 16.8 Å². The number of anilines is 2. The van der Waals surface area contributed by atoms with E-state index in [0.29, 0.717) is 47.2 Å². The summed E-state index contributed by atoms with van der Waals surface area (Å²) >= 11 is 0. The molecule has 0 radical (unpaired) electrons. The number of nitrogens with zero attached hydrogens (tertiary/aromatic N) is 3. The van der Waals surface area contributed by atoms with Crippen molar-refractivity contribution in [3.05, 3.63) is 64.6 Å². The molecule has 8 nitrogen and oxygen atoms in total. The number of amides is 2. The van der Waals surface area contributed by atoms with Crippen molar-refractivity contribution in [2.45, 2.75) is 91.9 Å². The summed E-state index contributed by atoms with van der Waals surface area (Å²) in [6.45, 7) is 11.5. The van der Waals surface area contributed by atoms with Gasteiger partial charge in [-0.15, -0.1) is 0 Å². The molecule has 8 heteroatoms. The van der Waals surface area contributed by atoms with Gasteiger partial charge < -0.3 is 20.2 Å². The van der Waals surface area contributed by atoms with Gasteiger partial charge in [0.2, 0.25) is 17.6 Å². The summed E-state index contributed by atoms with van der Waals surface area (Å²) in [5, 5.41) is 14.6. The zero-order chi connectivity index (χ0) is 32.8. The van der Waals surface area contributed by atoms with Crippen LogP contribution < -0.4 is 10.2 Å². The Hall–Kier alpha value is -3.94. The summed E-state index contributed by atoms with van der Waals surface area (Å²) < 4.78 is 0. The molecule has 1 aromatic carbocycles. The number of likely N-dealkylation sites (N-methyl/N-ethyl adjacent to an activating group) is 1. The van der Waals surface area contributed by atoms with Crippen LogP contribution in [0.4, 0.5) is 11.4 Å². The topological polar surface area (TPSA) is 102 Å². The fourth-order valence-corrected chi connectivity index (χ4v) is 7.47. The molecule has 0 aliphatic heterocycles. The molecule has 0 aromatic heterocycles. The van der Waals surface area contributed by atoms with Gasteiger partial charge in [0.05, 0.1) is 22.5 Å². The zero-order valence-electron chi connectivity index (χ0n) is 28.0. The molecule has 4 aliphatic carbocycles. The molecule has 2 amide bonds. The molecule has 4 aliphatic rings. The van der Waals surface area contributed by atoms with Crippen LogP contribution in [-0.4, -0.2) is 59.5 Å². The van der Waals surface area contributed by atoms with E-state index in [1.807, 2.05) is 30.4 Å². The second-order valence-electron chi connectivity index (χ2n) is 13.0. The molecule has 0 bridgehead atoms. The van der Waals surface area contributed by atoms with Crippen LogP contribution in [0.1, 0.15) is 97.5 Å². The lowest BCUT2D eigenvalue weighted by molar-refractivity contribution is -0.119. The van der Waals surface area contributed by atoms with Crippen LogP contribution in [0.2, 0.25) is 0 Å². The van der Waals surface area contributed by atoms with Crippen molar-refractivity contribution < 1.29 is 19.5 Å². The summed E-state index contributed by atoms with van der Waals surface area (Å²) in [5.41, 5.74) is 4.06. The maximum absolute atomic E-state index is 14.0. The lowest BCUT2D eigenvalue weighted by Crippen LogP contribution is -2.28. The first-order valence-corrected chi connectivity index (χ1v) is 17.5. The molecular formula is C38H50N4O4. The Morgan fingerprint density at radius 2 is 1.46 bits per heavy atom. The zero-order valence-corrected chi connectivity index (χ0v) is 28.0. The van der Waals surface area contributed by atoms with E-state index in [2.05, 4.69) is 47.8 Å². The lowest BCUT2D eigenvalue weighted by atomic mass is 9.78. The predicted octanol–water partition coefficient (Wildman–Crippen LogP) is 7.54. The summed E-state index contributed by atoms with van der Waals surface area (Å²) in [5.74, 6) is 0.00193. The van der Waals surface area contributed by atoms with Gasteiger partial charge in [0, 0.05) is 61.5 Å². The van der Waals surface area contributed by atoms with Gasteiger partial charge >= 0.3 is 0 Å². The highest BCUT2D eigenvalue weighted by molar-refractivity contribution is 6.42. The Balaban J connectivity index is 1.52. The highest BCUT2D eigenvalue weighted by Crippen LogP contribution is 2.43. The van der Waals surface area contributed by atoms with Gasteiger partial charge in [-0.2, -0.15) is 0 Å². The van der Waals surface area contributed by atoms with Crippen LogP contribution in [0.5, 0.6) is 0 Å². The second-order valence-corrected chi connectivity index (χ2v) is 13.0. The van der Waals surface area contributed by atoms with Gasteiger partial charge in [0.25, 0.3) is 0 Å². The number of aliphatic hydroxyl groups is 1. The molecule has 2 fully saturated rings. The Morgan fingerprint density at radius 3 is 2.04 bits per heavy atom. The molecule has 0 unspecified atom stereocenters. The van der Waals surface area contributed by atoms with E-state index < -0.39 is 0 Å². The number of rotatable bonds is 12. The molecule has 2 saturated carbocycles. The standard InChI is InChI=1S/C38H50N4O4/c1-5-41(6-2)27-17-19-29(31(23-27)39-33(43)21-25-13-9-10-14-25)35-37(45)36(38(35)46)30-20-18-28(42(7-3)8-4)24-32(30)40-34(44)22-26-15-11-12-16-26/h17-20,23-26,45H,5-16,21-22H2,1-4H3,(H,39,43)/b36-30+,40-32?. The highest BCUT2D eigenvalue weighted by Gasteiger charge is 2.39. The third-order valence-electron chi connectivity index (χ3n) is 10.1. The number of hydrogen-bond donors (Lipinski definition) is 2. The summed E-state index contributed by atoms with van der Waals surface area (Å²) in [6.07, 6.45) is 15.2. The molecule has 46 heavy (non-hydrogen) atoms. The first-order chi connectivity index (χ1) is 22.3. The van der Waals surface area contributed by atoms with Crippen LogP contribution in [0.15, 0.2) is 64.0 Å². The van der Waals surface area contributed by atoms with Crippen LogP contribution in [-0.2, 0) is 14.4 Å². The molecule has 2 N–H and O–H groups in total. The lowest BCUT2D eigenvalue weighted by Gasteiger charge is -2.29. The number of allylic oxidation sites excluding steroid dienone is 6. The second kappa shape index (κ2) is 15.1. The number of nitrogens with one attached hydrogen (secondary N) is 1. The minimum absolute atomic E-state index is 0.0743. The number of carbonyl (C=O) groups excluding carboxylic acids is 3. The van der Waals surface area contributed by atoms with Crippen molar-refractivity contribution in [1.29, 1.82) is 0 Å². The van der Waals surface area contributed by atoms with Gasteiger partial charge in [-0.05, 0) is 102 Å². The summed E-state index contributed by atoms with van der Waals surface area (Å²) in [7, 11) is 0. The Kier molecular flexibility index (Phi) is 11.0. The average Bonchev–Trinajstić information content (AvgIpc) is 3.75. The van der Waals surface area contributed by atoms with Gasteiger partial charge in [0.15, 0.2) is 0 Å². The van der Waals surface area contributed by atoms with Gasteiger partial charge in [-0.25, -0.2) is 4.99 Å². The van der Waals surface area contributed by atoms with E-state index in [-0.39, 0.29) is 34.5 Å². The maximum Gasteiger partial charge on any atom is 0.246 e. The van der Waals surface area contributed by atoms with Crippen molar-refractivity contribution in [1.82, 2.24) is 4.90 Å². The first-order valence-electron chi connectivity index (χ1n) is 17.5. The minimum atomic E-state index is -0.324. The predicted molar refractivity (Wildman–Crippen MR) is 186 cm³/mol. The smallest absolute Gasteiger partial charge is 0.246 e. The fraction of sp³-hybridized carbons (Fsp3) is 0.526. The molecule has 0 atom stereocenters. The molecule has 5 rings (SSSR count). The number of benzene rings is 1. The van der Waals surface area contributed by atoms with E-state index in [1.54, 1.807) is 6.08 Å². The van der Waals surface area contributed by atoms with Gasteiger partial charge in [-0.1, -0.05) is 25.7 Å². The van der Waals surface area contributed by atoms with Crippen LogP contribution in [0.3, 0.4) is 0 Å². The quantitative estimate of drug-likeness (QED) is 0.232. The van der Waals surface area contributed by atoms with Crippen molar-refractivity contribution >= 4 is 40.3 Å².